The summed E-state index contributed by atoms with van der Waals surface area (Å²) in [5.74, 6) is -2.17. The molecule has 5 nitrogen and oxygen atoms in total. The van der Waals surface area contributed by atoms with Gasteiger partial charge in [0.1, 0.15) is 5.82 Å². The number of benzene rings is 3. The number of hydrogen-bond donors (Lipinski definition) is 3. The van der Waals surface area contributed by atoms with Crippen LogP contribution in [0.15, 0.2) is 48.5 Å². The molecule has 3 aromatic carbocycles. The molecule has 1 saturated heterocycles. The van der Waals surface area contributed by atoms with Gasteiger partial charge < -0.3 is 21.3 Å². The van der Waals surface area contributed by atoms with Gasteiger partial charge in [0.25, 0.3) is 0 Å². The molecule has 1 unspecified atom stereocenters. The van der Waals surface area contributed by atoms with Crippen LogP contribution in [0, 0.1) is 11.6 Å². The van der Waals surface area contributed by atoms with Crippen molar-refractivity contribution in [2.24, 2.45) is 5.73 Å². The number of piperazine rings is 1. The van der Waals surface area contributed by atoms with Crippen LogP contribution in [0.2, 0.25) is 5.02 Å². The number of hydrogen-bond acceptors (Lipinski definition) is 4. The van der Waals surface area contributed by atoms with Crippen LogP contribution in [0.4, 0.5) is 20.2 Å². The highest BCUT2D eigenvalue weighted by Crippen LogP contribution is 2.52. The lowest BCUT2D eigenvalue weighted by molar-refractivity contribution is 0.100. The minimum atomic E-state index is -0.809. The maximum atomic E-state index is 15.7. The van der Waals surface area contributed by atoms with Crippen LogP contribution < -0.4 is 21.3 Å². The summed E-state index contributed by atoms with van der Waals surface area (Å²) in [5.41, 5.74) is 7.75. The van der Waals surface area contributed by atoms with Crippen molar-refractivity contribution in [1.29, 1.82) is 0 Å². The summed E-state index contributed by atoms with van der Waals surface area (Å²) in [7, 11) is 1.57. The zero-order valence-electron chi connectivity index (χ0n) is 18.0. The summed E-state index contributed by atoms with van der Waals surface area (Å²) in [4.78, 5) is 14.4. The highest BCUT2D eigenvalue weighted by atomic mass is 35.5. The van der Waals surface area contributed by atoms with Crippen molar-refractivity contribution in [2.75, 3.05) is 36.9 Å². The standard InChI is InChI=1S/C25H23ClF2N4O/c1-30-18-8-7-15(24(29)33)21(23(18)28)20-16-12-25(14-5-3-2-4-6-14)13-31-9-10-32(25)19(16)11-17(27)22(20)26/h2-8,11,30-31H,9-10,12-13H2,1H3,(H2,29,33). The lowest BCUT2D eigenvalue weighted by Gasteiger charge is -2.45. The van der Waals surface area contributed by atoms with Crippen molar-refractivity contribution in [3.63, 3.8) is 0 Å². The molecule has 0 aliphatic carbocycles. The molecule has 3 aromatic rings. The highest BCUT2D eigenvalue weighted by Gasteiger charge is 2.48. The van der Waals surface area contributed by atoms with Gasteiger partial charge in [-0.2, -0.15) is 0 Å². The first-order valence-corrected chi connectivity index (χ1v) is 11.1. The lowest BCUT2D eigenvalue weighted by Crippen LogP contribution is -2.57. The van der Waals surface area contributed by atoms with Gasteiger partial charge in [0.05, 0.1) is 21.8 Å². The van der Waals surface area contributed by atoms with E-state index in [0.29, 0.717) is 30.8 Å². The van der Waals surface area contributed by atoms with E-state index in [4.69, 9.17) is 17.3 Å². The Morgan fingerprint density at radius 2 is 1.94 bits per heavy atom. The second kappa shape index (κ2) is 8.01. The summed E-state index contributed by atoms with van der Waals surface area (Å²) >= 11 is 6.50. The van der Waals surface area contributed by atoms with Gasteiger partial charge in [-0.1, -0.05) is 41.9 Å². The van der Waals surface area contributed by atoms with Crippen molar-refractivity contribution < 1.29 is 13.6 Å². The van der Waals surface area contributed by atoms with Gasteiger partial charge >= 0.3 is 0 Å². The lowest BCUT2D eigenvalue weighted by atomic mass is 9.83. The Labute approximate surface area is 195 Å². The number of anilines is 2. The number of fused-ring (bicyclic) bond motifs is 3. The van der Waals surface area contributed by atoms with Crippen molar-refractivity contribution in [3.05, 3.63) is 81.9 Å². The molecule has 0 spiro atoms. The molecule has 2 heterocycles. The van der Waals surface area contributed by atoms with E-state index in [1.807, 2.05) is 30.3 Å². The van der Waals surface area contributed by atoms with Gasteiger partial charge in [0, 0.05) is 49.9 Å². The Morgan fingerprint density at radius 3 is 2.64 bits per heavy atom. The Morgan fingerprint density at radius 1 is 1.18 bits per heavy atom. The minimum Gasteiger partial charge on any atom is -0.386 e. The molecule has 1 amide bonds. The monoisotopic (exact) mass is 468 g/mol. The van der Waals surface area contributed by atoms with Crippen LogP contribution in [-0.2, 0) is 12.0 Å². The van der Waals surface area contributed by atoms with Crippen molar-refractivity contribution in [2.45, 2.75) is 12.0 Å². The van der Waals surface area contributed by atoms with Crippen LogP contribution in [0.3, 0.4) is 0 Å². The first-order chi connectivity index (χ1) is 15.9. The average molecular weight is 469 g/mol. The van der Waals surface area contributed by atoms with Crippen LogP contribution in [-0.4, -0.2) is 32.6 Å². The molecule has 0 saturated carbocycles. The molecule has 2 aliphatic rings. The van der Waals surface area contributed by atoms with Crippen LogP contribution in [0.25, 0.3) is 11.1 Å². The van der Waals surface area contributed by atoms with Gasteiger partial charge in [0.15, 0.2) is 5.82 Å². The summed E-state index contributed by atoms with van der Waals surface area (Å²) in [5, 5.41) is 6.00. The van der Waals surface area contributed by atoms with E-state index in [1.165, 1.54) is 18.2 Å². The van der Waals surface area contributed by atoms with E-state index in [0.717, 1.165) is 12.1 Å². The number of rotatable bonds is 4. The summed E-state index contributed by atoms with van der Waals surface area (Å²) in [6.07, 6.45) is 0.468. The maximum absolute atomic E-state index is 15.7. The predicted molar refractivity (Wildman–Crippen MR) is 127 cm³/mol. The molecule has 0 bridgehead atoms. The fraction of sp³-hybridized carbons (Fsp3) is 0.240. The van der Waals surface area contributed by atoms with Gasteiger partial charge in [-0.3, -0.25) is 4.79 Å². The number of nitrogens with two attached hydrogens (primary N) is 1. The number of carbonyl (C=O) groups excluding carboxylic acids is 1. The first kappa shape index (κ1) is 21.7. The Hall–Kier alpha value is -3.16. The molecule has 1 atom stereocenters. The molecule has 5 rings (SSSR count). The number of amides is 1. The Balaban J connectivity index is 1.82. The van der Waals surface area contributed by atoms with Gasteiger partial charge in [0.2, 0.25) is 5.91 Å². The molecule has 33 heavy (non-hydrogen) atoms. The van der Waals surface area contributed by atoms with Crippen LogP contribution in [0.1, 0.15) is 21.5 Å². The quantitative estimate of drug-likeness (QED) is 0.534. The molecular weight excluding hydrogens is 446 g/mol. The van der Waals surface area contributed by atoms with Crippen LogP contribution in [0.5, 0.6) is 0 Å². The maximum Gasteiger partial charge on any atom is 0.249 e. The summed E-state index contributed by atoms with van der Waals surface area (Å²) in [6.45, 7) is 2.00. The van der Waals surface area contributed by atoms with Crippen molar-refractivity contribution >= 4 is 28.9 Å². The van der Waals surface area contributed by atoms with Crippen molar-refractivity contribution in [1.82, 2.24) is 5.32 Å². The molecular formula is C25H23ClF2N4O. The zero-order valence-corrected chi connectivity index (χ0v) is 18.8. The second-order valence-electron chi connectivity index (χ2n) is 8.41. The predicted octanol–water partition coefficient (Wildman–Crippen LogP) is 4.29. The molecule has 1 fully saturated rings. The number of nitrogens with zero attached hydrogens (tertiary/aromatic N) is 1. The van der Waals surface area contributed by atoms with E-state index in [9.17, 15) is 4.79 Å². The third kappa shape index (κ3) is 3.18. The van der Waals surface area contributed by atoms with Gasteiger partial charge in [-0.05, 0) is 29.3 Å². The molecule has 0 aromatic heterocycles. The summed E-state index contributed by atoms with van der Waals surface area (Å²) < 4.78 is 30.9. The van der Waals surface area contributed by atoms with E-state index in [-0.39, 0.29) is 27.4 Å². The Bertz CT molecular complexity index is 1270. The van der Waals surface area contributed by atoms with Crippen LogP contribution >= 0.6 is 11.6 Å². The van der Waals surface area contributed by atoms with E-state index in [2.05, 4.69) is 15.5 Å². The smallest absolute Gasteiger partial charge is 0.249 e. The number of primary amides is 1. The third-order valence-corrected chi connectivity index (χ3v) is 7.12. The molecule has 8 heteroatoms. The number of nitrogens with one attached hydrogen (secondary N) is 2. The fourth-order valence-corrected chi connectivity index (χ4v) is 5.52. The average Bonchev–Trinajstić information content (AvgIpc) is 3.15. The van der Waals surface area contributed by atoms with E-state index in [1.54, 1.807) is 7.05 Å². The largest absolute Gasteiger partial charge is 0.386 e. The van der Waals surface area contributed by atoms with Crippen molar-refractivity contribution in [3.8, 4) is 11.1 Å². The first-order valence-electron chi connectivity index (χ1n) is 10.7. The minimum absolute atomic E-state index is 0.0436. The normalized spacial score (nSPS) is 19.2. The Kier molecular flexibility index (Phi) is 5.26. The molecule has 170 valence electrons. The molecule has 4 N–H and O–H groups in total. The van der Waals surface area contributed by atoms with E-state index >= 15 is 8.78 Å². The second-order valence-corrected chi connectivity index (χ2v) is 8.79. The van der Waals surface area contributed by atoms with Gasteiger partial charge in [-0.15, -0.1) is 0 Å². The molecule has 2 aliphatic heterocycles. The molecule has 0 radical (unpaired) electrons. The van der Waals surface area contributed by atoms with E-state index < -0.39 is 23.1 Å². The topological polar surface area (TPSA) is 70.4 Å². The third-order valence-electron chi connectivity index (χ3n) is 6.75. The fourth-order valence-electron chi connectivity index (χ4n) is 5.26. The highest BCUT2D eigenvalue weighted by molar-refractivity contribution is 6.34. The number of carbonyl (C=O) groups is 1. The zero-order chi connectivity index (χ0) is 23.3. The van der Waals surface area contributed by atoms with Gasteiger partial charge in [-0.25, -0.2) is 8.78 Å². The number of halogens is 3. The SMILES string of the molecule is CNc1ccc(C(N)=O)c(-c2c(Cl)c(F)cc3c2CC2(c4ccccc4)CNCCN32)c1F. The summed E-state index contributed by atoms with van der Waals surface area (Å²) in [6, 6.07) is 14.3.